The van der Waals surface area contributed by atoms with E-state index in [9.17, 15) is 4.79 Å². The predicted molar refractivity (Wildman–Crippen MR) is 103 cm³/mol. The van der Waals surface area contributed by atoms with Crippen LogP contribution in [0.3, 0.4) is 0 Å². The van der Waals surface area contributed by atoms with E-state index in [1.54, 1.807) is 11.8 Å². The second-order valence-electron chi connectivity index (χ2n) is 7.32. The van der Waals surface area contributed by atoms with Crippen molar-refractivity contribution in [1.82, 2.24) is 5.32 Å². The van der Waals surface area contributed by atoms with Crippen LogP contribution in [0.5, 0.6) is 0 Å². The highest BCUT2D eigenvalue weighted by molar-refractivity contribution is 8.14. The summed E-state index contributed by atoms with van der Waals surface area (Å²) >= 11 is 1.74. The molecule has 1 aliphatic heterocycles. The average Bonchev–Trinajstić information content (AvgIpc) is 2.54. The number of rotatable bonds is 2. The summed E-state index contributed by atoms with van der Waals surface area (Å²) in [6.45, 7) is 5.96. The molecule has 1 aromatic rings. The monoisotopic (exact) mass is 342 g/mol. The number of nitrogens with zero attached hydrogens (tertiary/aromatic N) is 1. The van der Waals surface area contributed by atoms with Gasteiger partial charge in [0.15, 0.2) is 5.17 Å². The molecule has 0 atom stereocenters. The van der Waals surface area contributed by atoms with Gasteiger partial charge in [-0.2, -0.15) is 0 Å². The Bertz CT molecular complexity index is 685. The third-order valence-corrected chi connectivity index (χ3v) is 6.05. The summed E-state index contributed by atoms with van der Waals surface area (Å²) in [5.41, 5.74) is 2.54. The zero-order valence-corrected chi connectivity index (χ0v) is 15.6. The lowest BCUT2D eigenvalue weighted by molar-refractivity contribution is -0.126. The number of amidine groups is 1. The Balaban J connectivity index is 1.88. The van der Waals surface area contributed by atoms with Gasteiger partial charge in [-0.05, 0) is 45.3 Å². The fourth-order valence-electron chi connectivity index (χ4n) is 3.17. The Hall–Kier alpha value is -1.55. The van der Waals surface area contributed by atoms with Crippen molar-refractivity contribution in [2.24, 2.45) is 10.4 Å². The predicted octanol–water partition coefficient (Wildman–Crippen LogP) is 4.91. The van der Waals surface area contributed by atoms with Crippen molar-refractivity contribution in [3.63, 3.8) is 0 Å². The van der Waals surface area contributed by atoms with Gasteiger partial charge in [-0.3, -0.25) is 4.79 Å². The number of aryl methyl sites for hydroxylation is 1. The molecule has 128 valence electrons. The molecule has 0 aromatic heterocycles. The summed E-state index contributed by atoms with van der Waals surface area (Å²) in [5, 5.41) is 4.37. The molecule has 24 heavy (non-hydrogen) atoms. The average molecular weight is 343 g/mol. The first kappa shape index (κ1) is 17.3. The number of hydrogen-bond donors (Lipinski definition) is 1. The summed E-state index contributed by atoms with van der Waals surface area (Å²) < 4.78 is 0. The van der Waals surface area contributed by atoms with Gasteiger partial charge in [0, 0.05) is 5.25 Å². The largest absolute Gasteiger partial charge is 0.304 e. The molecule has 0 bridgehead atoms. The fourth-order valence-corrected chi connectivity index (χ4v) is 4.36. The molecule has 0 saturated heterocycles. The second kappa shape index (κ2) is 7.14. The SMILES string of the molecule is Cc1cccc(/C=C2/N=C(SC3CCCCC3)NC(=O)C2(C)C)c1. The molecule has 1 heterocycles. The van der Waals surface area contributed by atoms with Crippen LogP contribution in [0.25, 0.3) is 6.08 Å². The number of carbonyl (C=O) groups excluding carboxylic acids is 1. The van der Waals surface area contributed by atoms with Gasteiger partial charge in [0.05, 0.1) is 11.1 Å². The maximum Gasteiger partial charge on any atom is 0.237 e. The van der Waals surface area contributed by atoms with Crippen molar-refractivity contribution in [2.45, 2.75) is 58.1 Å². The Morgan fingerprint density at radius 2 is 2.00 bits per heavy atom. The third-order valence-electron chi connectivity index (χ3n) is 4.83. The van der Waals surface area contributed by atoms with Gasteiger partial charge in [-0.25, -0.2) is 4.99 Å². The summed E-state index contributed by atoms with van der Waals surface area (Å²) in [5.74, 6) is 0.0368. The van der Waals surface area contributed by atoms with Gasteiger partial charge >= 0.3 is 0 Å². The van der Waals surface area contributed by atoms with Crippen LogP contribution in [0.2, 0.25) is 0 Å². The molecule has 0 unspecified atom stereocenters. The molecule has 0 radical (unpaired) electrons. The van der Waals surface area contributed by atoms with E-state index in [0.717, 1.165) is 16.4 Å². The van der Waals surface area contributed by atoms with Crippen molar-refractivity contribution >= 4 is 28.9 Å². The Labute approximate surface area is 149 Å². The summed E-state index contributed by atoms with van der Waals surface area (Å²) in [4.78, 5) is 17.4. The maximum atomic E-state index is 12.6. The third kappa shape index (κ3) is 3.92. The highest BCUT2D eigenvalue weighted by Gasteiger charge is 2.37. The number of thioether (sulfide) groups is 1. The van der Waals surface area contributed by atoms with E-state index < -0.39 is 5.41 Å². The minimum Gasteiger partial charge on any atom is -0.304 e. The van der Waals surface area contributed by atoms with Crippen LogP contribution in [0.15, 0.2) is 35.0 Å². The molecule has 4 heteroatoms. The Morgan fingerprint density at radius 1 is 1.25 bits per heavy atom. The quantitative estimate of drug-likeness (QED) is 0.829. The number of carbonyl (C=O) groups is 1. The van der Waals surface area contributed by atoms with Crippen LogP contribution in [0.1, 0.15) is 57.1 Å². The van der Waals surface area contributed by atoms with Crippen molar-refractivity contribution in [3.8, 4) is 0 Å². The fraction of sp³-hybridized carbons (Fsp3) is 0.500. The first-order valence-corrected chi connectivity index (χ1v) is 9.69. The molecule has 3 rings (SSSR count). The molecule has 1 saturated carbocycles. The number of benzene rings is 1. The van der Waals surface area contributed by atoms with Crippen LogP contribution in [-0.2, 0) is 4.79 Å². The first-order valence-electron chi connectivity index (χ1n) is 8.81. The van der Waals surface area contributed by atoms with Crippen LogP contribution in [0, 0.1) is 12.3 Å². The van der Waals surface area contributed by atoms with E-state index in [4.69, 9.17) is 4.99 Å². The van der Waals surface area contributed by atoms with Crippen molar-refractivity contribution in [2.75, 3.05) is 0 Å². The number of amides is 1. The lowest BCUT2D eigenvalue weighted by Crippen LogP contribution is -2.44. The zero-order chi connectivity index (χ0) is 17.2. The van der Waals surface area contributed by atoms with E-state index >= 15 is 0 Å². The Kier molecular flexibility index (Phi) is 5.14. The highest BCUT2D eigenvalue weighted by atomic mass is 32.2. The van der Waals surface area contributed by atoms with E-state index in [0.29, 0.717) is 5.25 Å². The minimum absolute atomic E-state index is 0.0368. The first-order chi connectivity index (χ1) is 11.4. The molecule has 2 aliphatic rings. The van der Waals surface area contributed by atoms with Crippen LogP contribution in [-0.4, -0.2) is 16.3 Å². The van der Waals surface area contributed by atoms with Crippen molar-refractivity contribution in [3.05, 3.63) is 41.1 Å². The van der Waals surface area contributed by atoms with Gasteiger partial charge in [-0.1, -0.05) is 60.9 Å². The molecule has 1 amide bonds. The molecule has 1 aromatic carbocycles. The normalized spacial score (nSPS) is 23.0. The van der Waals surface area contributed by atoms with Crippen LogP contribution in [0.4, 0.5) is 0 Å². The van der Waals surface area contributed by atoms with Crippen LogP contribution < -0.4 is 5.32 Å². The molecular weight excluding hydrogens is 316 g/mol. The van der Waals surface area contributed by atoms with E-state index in [1.165, 1.54) is 37.7 Å². The van der Waals surface area contributed by atoms with Gasteiger partial charge in [-0.15, -0.1) is 0 Å². The molecule has 1 aliphatic carbocycles. The summed E-state index contributed by atoms with van der Waals surface area (Å²) in [6, 6.07) is 8.30. The van der Waals surface area contributed by atoms with E-state index in [1.807, 2.05) is 26.0 Å². The molecular formula is C20H26N2OS. The lowest BCUT2D eigenvalue weighted by Gasteiger charge is -2.31. The zero-order valence-electron chi connectivity index (χ0n) is 14.8. The number of nitrogens with one attached hydrogen (secondary N) is 1. The second-order valence-corrected chi connectivity index (χ2v) is 8.61. The highest BCUT2D eigenvalue weighted by Crippen LogP contribution is 2.36. The number of aliphatic imine (C=N–C) groups is 1. The molecule has 1 fully saturated rings. The Morgan fingerprint density at radius 3 is 2.71 bits per heavy atom. The lowest BCUT2D eigenvalue weighted by atomic mass is 9.86. The number of hydrogen-bond acceptors (Lipinski definition) is 3. The maximum absolute atomic E-state index is 12.6. The molecule has 3 nitrogen and oxygen atoms in total. The van der Waals surface area contributed by atoms with E-state index in [2.05, 4.69) is 30.4 Å². The minimum atomic E-state index is -0.611. The summed E-state index contributed by atoms with van der Waals surface area (Å²) in [6.07, 6.45) is 8.40. The van der Waals surface area contributed by atoms with Gasteiger partial charge in [0.2, 0.25) is 5.91 Å². The van der Waals surface area contributed by atoms with Gasteiger partial charge in [0.25, 0.3) is 0 Å². The topological polar surface area (TPSA) is 41.5 Å². The molecule has 0 spiro atoms. The standard InChI is InChI=1S/C20H26N2OS/c1-14-8-7-9-15(12-14)13-17-20(2,3)18(23)22-19(21-17)24-16-10-5-4-6-11-16/h7-9,12-13,16H,4-6,10-11H2,1-3H3,(H,21,22,23)/b17-13+. The van der Waals surface area contributed by atoms with E-state index in [-0.39, 0.29) is 5.91 Å². The van der Waals surface area contributed by atoms with Gasteiger partial charge in [0.1, 0.15) is 0 Å². The van der Waals surface area contributed by atoms with Crippen molar-refractivity contribution < 1.29 is 4.79 Å². The van der Waals surface area contributed by atoms with Crippen molar-refractivity contribution in [1.29, 1.82) is 0 Å². The van der Waals surface area contributed by atoms with Crippen LogP contribution >= 0.6 is 11.8 Å². The smallest absolute Gasteiger partial charge is 0.237 e. The molecule has 1 N–H and O–H groups in total. The summed E-state index contributed by atoms with van der Waals surface area (Å²) in [7, 11) is 0. The van der Waals surface area contributed by atoms with Gasteiger partial charge < -0.3 is 5.32 Å².